The molecule has 5 nitrogen and oxygen atoms in total. The van der Waals surface area contributed by atoms with Crippen molar-refractivity contribution in [3.05, 3.63) is 63.7 Å². The number of non-ortho nitro benzene ring substituents is 1. The van der Waals surface area contributed by atoms with Gasteiger partial charge in [-0.05, 0) is 18.9 Å². The van der Waals surface area contributed by atoms with Crippen LogP contribution in [-0.4, -0.2) is 23.0 Å². The van der Waals surface area contributed by atoms with Crippen LogP contribution in [0.2, 0.25) is 0 Å². The number of carbonyl (C=O) groups excluding carboxylic acids is 1. The van der Waals surface area contributed by atoms with Crippen LogP contribution in [0, 0.1) is 10.1 Å². The van der Waals surface area contributed by atoms with E-state index in [9.17, 15) is 14.9 Å². The summed E-state index contributed by atoms with van der Waals surface area (Å²) in [6.07, 6.45) is 7.89. The molecule has 0 fully saturated rings. The van der Waals surface area contributed by atoms with Crippen LogP contribution in [0.5, 0.6) is 0 Å². The van der Waals surface area contributed by atoms with E-state index in [-0.39, 0.29) is 18.0 Å². The van der Waals surface area contributed by atoms with Crippen LogP contribution < -0.4 is 0 Å². The number of Topliss-reactive ketones (excluding diaryl/α,β-unsaturated/α-hetero) is 1. The van der Waals surface area contributed by atoms with Gasteiger partial charge in [0.1, 0.15) is 0 Å². The van der Waals surface area contributed by atoms with Crippen molar-refractivity contribution >= 4 is 17.2 Å². The highest BCUT2D eigenvalue weighted by Crippen LogP contribution is 2.15. The maximum absolute atomic E-state index is 11.8. The first-order valence-corrected chi connectivity index (χ1v) is 7.14. The van der Waals surface area contributed by atoms with Crippen molar-refractivity contribution in [3.63, 3.8) is 0 Å². The molecule has 0 amide bonds. The zero-order valence-corrected chi connectivity index (χ0v) is 12.5. The van der Waals surface area contributed by atoms with Crippen molar-refractivity contribution in [2.24, 2.45) is 4.99 Å². The number of benzene rings is 1. The number of aliphatic imine (C=N–C) groups is 1. The number of rotatable bonds is 7. The average molecular weight is 298 g/mol. The summed E-state index contributed by atoms with van der Waals surface area (Å²) in [6, 6.07) is 6.39. The Kier molecular flexibility index (Phi) is 5.36. The topological polar surface area (TPSA) is 72.6 Å². The van der Waals surface area contributed by atoms with Crippen LogP contribution in [0.15, 0.2) is 53.1 Å². The summed E-state index contributed by atoms with van der Waals surface area (Å²) in [6.45, 7) is 2.06. The van der Waals surface area contributed by atoms with E-state index in [1.807, 2.05) is 25.2 Å². The first-order chi connectivity index (χ1) is 10.5. The van der Waals surface area contributed by atoms with E-state index in [0.29, 0.717) is 12.8 Å². The molecule has 0 radical (unpaired) electrons. The summed E-state index contributed by atoms with van der Waals surface area (Å²) in [5, 5.41) is 10.6. The largest absolute Gasteiger partial charge is 0.297 e. The molecule has 1 aliphatic rings. The van der Waals surface area contributed by atoms with Crippen LogP contribution in [0.25, 0.3) is 0 Å². The minimum Gasteiger partial charge on any atom is -0.297 e. The molecule has 114 valence electrons. The Morgan fingerprint density at radius 3 is 2.59 bits per heavy atom. The highest BCUT2D eigenvalue weighted by atomic mass is 16.6. The second-order valence-electron chi connectivity index (χ2n) is 5.32. The van der Waals surface area contributed by atoms with Crippen molar-refractivity contribution in [2.75, 3.05) is 6.54 Å². The van der Waals surface area contributed by atoms with E-state index in [0.717, 1.165) is 23.3 Å². The van der Waals surface area contributed by atoms with E-state index in [1.165, 1.54) is 12.1 Å². The molecule has 1 aromatic carbocycles. The van der Waals surface area contributed by atoms with Gasteiger partial charge in [-0.3, -0.25) is 19.9 Å². The van der Waals surface area contributed by atoms with Crippen molar-refractivity contribution < 1.29 is 9.72 Å². The second-order valence-corrected chi connectivity index (χ2v) is 5.32. The van der Waals surface area contributed by atoms with Gasteiger partial charge in [-0.25, -0.2) is 0 Å². The van der Waals surface area contributed by atoms with E-state index in [2.05, 4.69) is 4.99 Å². The molecule has 1 aromatic rings. The lowest BCUT2D eigenvalue weighted by atomic mass is 10.1. The zero-order valence-electron chi connectivity index (χ0n) is 12.5. The summed E-state index contributed by atoms with van der Waals surface area (Å²) >= 11 is 0. The third-order valence-corrected chi connectivity index (χ3v) is 3.40. The van der Waals surface area contributed by atoms with Crippen LogP contribution in [0.1, 0.15) is 25.3 Å². The highest BCUT2D eigenvalue weighted by molar-refractivity contribution is 5.89. The molecule has 5 heteroatoms. The van der Waals surface area contributed by atoms with Gasteiger partial charge in [-0.1, -0.05) is 35.9 Å². The van der Waals surface area contributed by atoms with Gasteiger partial charge in [0.2, 0.25) is 0 Å². The van der Waals surface area contributed by atoms with Gasteiger partial charge in [0.15, 0.2) is 5.78 Å². The number of ketones is 1. The number of nitrogens with zero attached hydrogens (tertiary/aromatic N) is 2. The molecular formula is C17H18N2O3. The van der Waals surface area contributed by atoms with Crippen molar-refractivity contribution in [1.29, 1.82) is 0 Å². The van der Waals surface area contributed by atoms with Crippen LogP contribution in [0.3, 0.4) is 0 Å². The number of nitro groups is 1. The Bertz CT molecular complexity index is 655. The van der Waals surface area contributed by atoms with Crippen LogP contribution >= 0.6 is 0 Å². The lowest BCUT2D eigenvalue weighted by Crippen LogP contribution is -2.07. The first kappa shape index (κ1) is 15.8. The Labute approximate surface area is 129 Å². The average Bonchev–Trinajstić information content (AvgIpc) is 2.98. The molecule has 0 aliphatic heterocycles. The van der Waals surface area contributed by atoms with Crippen LogP contribution in [0.4, 0.5) is 5.69 Å². The maximum atomic E-state index is 11.8. The molecule has 0 unspecified atom stereocenters. The number of hydrogen-bond donors (Lipinski definition) is 0. The minimum atomic E-state index is -0.421. The molecule has 0 atom stereocenters. The standard InChI is InChI=1S/C17H18N2O3/c1-13(10-15-6-8-16(9-7-15)19(21)22)18-12-17(20)11-14-4-2-3-5-14/h2-4,6-9H,5,10-12H2,1H3. The molecule has 0 aromatic heterocycles. The first-order valence-electron chi connectivity index (χ1n) is 7.14. The van der Waals surface area contributed by atoms with E-state index in [1.54, 1.807) is 12.1 Å². The fourth-order valence-electron chi connectivity index (χ4n) is 2.24. The summed E-state index contributed by atoms with van der Waals surface area (Å²) in [5.74, 6) is 0.109. The monoisotopic (exact) mass is 298 g/mol. The number of nitro benzene ring substituents is 1. The predicted octanol–water partition coefficient (Wildman–Crippen LogP) is 3.44. The molecular weight excluding hydrogens is 280 g/mol. The lowest BCUT2D eigenvalue weighted by Gasteiger charge is -2.03. The van der Waals surface area contributed by atoms with Crippen molar-refractivity contribution in [3.8, 4) is 0 Å². The van der Waals surface area contributed by atoms with E-state index < -0.39 is 4.92 Å². The highest BCUT2D eigenvalue weighted by Gasteiger charge is 2.07. The Balaban J connectivity index is 1.84. The van der Waals surface area contributed by atoms with Gasteiger partial charge in [0, 0.05) is 30.7 Å². The molecule has 0 saturated carbocycles. The molecule has 22 heavy (non-hydrogen) atoms. The summed E-state index contributed by atoms with van der Waals surface area (Å²) in [4.78, 5) is 26.3. The minimum absolute atomic E-state index is 0.0759. The maximum Gasteiger partial charge on any atom is 0.269 e. The molecule has 2 rings (SSSR count). The molecule has 0 bridgehead atoms. The fraction of sp³-hybridized carbons (Fsp3) is 0.294. The summed E-state index contributed by atoms with van der Waals surface area (Å²) in [7, 11) is 0. The summed E-state index contributed by atoms with van der Waals surface area (Å²) in [5.41, 5.74) is 3.00. The Morgan fingerprint density at radius 1 is 1.27 bits per heavy atom. The SMILES string of the molecule is CC(Cc1ccc([N+](=O)[O-])cc1)=NCC(=O)CC1=CC=CC1. The number of allylic oxidation sites excluding steroid dienone is 4. The summed E-state index contributed by atoms with van der Waals surface area (Å²) < 4.78 is 0. The van der Waals surface area contributed by atoms with E-state index in [4.69, 9.17) is 0 Å². The third-order valence-electron chi connectivity index (χ3n) is 3.40. The van der Waals surface area contributed by atoms with E-state index >= 15 is 0 Å². The van der Waals surface area contributed by atoms with Crippen molar-refractivity contribution in [2.45, 2.75) is 26.2 Å². The quantitative estimate of drug-likeness (QED) is 0.439. The molecule has 0 N–H and O–H groups in total. The smallest absolute Gasteiger partial charge is 0.269 e. The lowest BCUT2D eigenvalue weighted by molar-refractivity contribution is -0.384. The van der Waals surface area contributed by atoms with Gasteiger partial charge in [0.05, 0.1) is 11.5 Å². The van der Waals surface area contributed by atoms with Gasteiger partial charge in [-0.2, -0.15) is 0 Å². The molecule has 0 spiro atoms. The van der Waals surface area contributed by atoms with Gasteiger partial charge >= 0.3 is 0 Å². The third kappa shape index (κ3) is 4.77. The Hall–Kier alpha value is -2.56. The normalized spacial score (nSPS) is 14.0. The number of hydrogen-bond acceptors (Lipinski definition) is 4. The predicted molar refractivity (Wildman–Crippen MR) is 86.2 cm³/mol. The van der Waals surface area contributed by atoms with Crippen molar-refractivity contribution in [1.82, 2.24) is 0 Å². The molecule has 0 saturated heterocycles. The zero-order chi connectivity index (χ0) is 15.9. The van der Waals surface area contributed by atoms with Crippen LogP contribution in [-0.2, 0) is 11.2 Å². The van der Waals surface area contributed by atoms with Gasteiger partial charge in [-0.15, -0.1) is 0 Å². The molecule has 1 aliphatic carbocycles. The fourth-order valence-corrected chi connectivity index (χ4v) is 2.24. The Morgan fingerprint density at radius 2 is 2.00 bits per heavy atom. The van der Waals surface area contributed by atoms with Gasteiger partial charge < -0.3 is 0 Å². The molecule has 0 heterocycles. The second kappa shape index (κ2) is 7.45. The van der Waals surface area contributed by atoms with Gasteiger partial charge in [0.25, 0.3) is 5.69 Å². The number of carbonyl (C=O) groups is 1.